The van der Waals surface area contributed by atoms with E-state index < -0.39 is 17.9 Å². The molecule has 0 aromatic heterocycles. The van der Waals surface area contributed by atoms with Crippen molar-refractivity contribution in [1.29, 1.82) is 0 Å². The summed E-state index contributed by atoms with van der Waals surface area (Å²) in [6, 6.07) is 0. The number of carboxylic acid groups (broad SMARTS) is 1. The van der Waals surface area contributed by atoms with Gasteiger partial charge in [-0.05, 0) is 57.4 Å². The lowest BCUT2D eigenvalue weighted by atomic mass is 9.81. The second-order valence-electron chi connectivity index (χ2n) is 12.0. The van der Waals surface area contributed by atoms with E-state index in [9.17, 15) is 14.7 Å². The van der Waals surface area contributed by atoms with Gasteiger partial charge in [0.1, 0.15) is 6.61 Å². The summed E-state index contributed by atoms with van der Waals surface area (Å²) in [5.41, 5.74) is 2.06. The molecule has 2 heterocycles. The third kappa shape index (κ3) is 12.4. The zero-order valence-electron chi connectivity index (χ0n) is 26.6. The zero-order chi connectivity index (χ0) is 31.1. The smallest absolute Gasteiger partial charge is 0.327 e. The van der Waals surface area contributed by atoms with Crippen LogP contribution in [0, 0.1) is 17.8 Å². The van der Waals surface area contributed by atoms with E-state index >= 15 is 0 Å². The molecule has 236 valence electrons. The van der Waals surface area contributed by atoms with Gasteiger partial charge < -0.3 is 24.4 Å². The van der Waals surface area contributed by atoms with Crippen LogP contribution in [-0.4, -0.2) is 52.9 Å². The first-order valence-electron chi connectivity index (χ1n) is 15.8. The number of esters is 1. The second kappa shape index (κ2) is 18.2. The fraction of sp³-hybridized carbons (Fsp3) is 0.657. The van der Waals surface area contributed by atoms with Crippen LogP contribution in [0.4, 0.5) is 0 Å². The van der Waals surface area contributed by atoms with Crippen molar-refractivity contribution in [3.63, 3.8) is 0 Å². The van der Waals surface area contributed by atoms with E-state index in [1.807, 2.05) is 26.0 Å². The molecule has 2 rings (SSSR count). The molecule has 0 radical (unpaired) electrons. The lowest BCUT2D eigenvalue weighted by Crippen LogP contribution is -2.52. The minimum Gasteiger partial charge on any atom is -0.478 e. The average Bonchev–Trinajstić information content (AvgIpc) is 2.97. The van der Waals surface area contributed by atoms with E-state index in [0.717, 1.165) is 62.2 Å². The van der Waals surface area contributed by atoms with Crippen LogP contribution in [0.1, 0.15) is 99.3 Å². The third-order valence-electron chi connectivity index (χ3n) is 8.42. The Balaban J connectivity index is 2.07. The van der Waals surface area contributed by atoms with Gasteiger partial charge in [0, 0.05) is 31.3 Å². The highest BCUT2D eigenvalue weighted by molar-refractivity contribution is 5.79. The number of aliphatic hydroxyl groups is 1. The van der Waals surface area contributed by atoms with Crippen LogP contribution in [0.15, 0.2) is 59.8 Å². The quantitative estimate of drug-likeness (QED) is 0.117. The summed E-state index contributed by atoms with van der Waals surface area (Å²) in [6.07, 6.45) is 22.2. The molecule has 7 unspecified atom stereocenters. The maximum absolute atomic E-state index is 11.4. The molecule has 2 N–H and O–H groups in total. The first-order valence-corrected chi connectivity index (χ1v) is 15.8. The van der Waals surface area contributed by atoms with Gasteiger partial charge in [-0.25, -0.2) is 4.79 Å². The van der Waals surface area contributed by atoms with E-state index in [2.05, 4.69) is 32.1 Å². The highest BCUT2D eigenvalue weighted by Crippen LogP contribution is 2.45. The van der Waals surface area contributed by atoms with Crippen molar-refractivity contribution < 1.29 is 34.0 Å². The van der Waals surface area contributed by atoms with Gasteiger partial charge in [0.2, 0.25) is 0 Å². The molecule has 0 bridgehead atoms. The largest absolute Gasteiger partial charge is 0.478 e. The van der Waals surface area contributed by atoms with Crippen LogP contribution in [0.5, 0.6) is 0 Å². The van der Waals surface area contributed by atoms with Gasteiger partial charge >= 0.3 is 11.9 Å². The molecule has 0 amide bonds. The van der Waals surface area contributed by atoms with Crippen molar-refractivity contribution in [2.45, 2.75) is 123 Å². The normalized spacial score (nSPS) is 29.0. The van der Waals surface area contributed by atoms with Gasteiger partial charge in [0.15, 0.2) is 5.79 Å². The van der Waals surface area contributed by atoms with Crippen molar-refractivity contribution in [2.75, 3.05) is 6.61 Å². The molecule has 2 aliphatic heterocycles. The molecule has 7 heteroatoms. The van der Waals surface area contributed by atoms with Crippen molar-refractivity contribution in [2.24, 2.45) is 17.8 Å². The van der Waals surface area contributed by atoms with Crippen LogP contribution in [-0.2, 0) is 23.8 Å². The molecule has 2 fully saturated rings. The maximum atomic E-state index is 11.4. The molecule has 1 spiro atoms. The molecule has 0 aromatic rings. The van der Waals surface area contributed by atoms with Gasteiger partial charge in [-0.3, -0.25) is 4.79 Å². The standard InChI is InChI=1S/C35H54O7/c1-7-9-10-29-20-23-35(42-32(29)17-13-26(4)21-24-40-34(39)8-2)22-19-28(6)31(41-35)16-12-25(3)11-15-30(36)27(5)14-18-33(37)38/h11-15,17-18,21,27-32,36H,7-10,16,19-20,22-24H2,1-6H3,(H,37,38)/b15-11+,17-13+,18-14+,25-12+,26-21+. The van der Waals surface area contributed by atoms with Crippen molar-refractivity contribution in [1.82, 2.24) is 0 Å². The molecule has 7 atom stereocenters. The van der Waals surface area contributed by atoms with Crippen LogP contribution >= 0.6 is 0 Å². The SMILES string of the molecule is CCCCC1CCC2(CCC(C)C(C/C=C(C)/C=C/C(O)C(C)/C=C/C(=O)O)O2)OC1/C=C/C(C)=C/COC(=O)CC. The number of rotatable bonds is 15. The van der Waals surface area contributed by atoms with Gasteiger partial charge in [0.25, 0.3) is 0 Å². The van der Waals surface area contributed by atoms with Crippen LogP contribution in [0.25, 0.3) is 0 Å². The summed E-state index contributed by atoms with van der Waals surface area (Å²) in [6.45, 7) is 12.3. The number of aliphatic carboxylic acids is 1. The highest BCUT2D eigenvalue weighted by atomic mass is 16.7. The minimum atomic E-state index is -1.02. The van der Waals surface area contributed by atoms with Crippen LogP contribution in [0.2, 0.25) is 0 Å². The molecule has 7 nitrogen and oxygen atoms in total. The number of aliphatic hydroxyl groups excluding tert-OH is 1. The number of ether oxygens (including phenoxy) is 3. The second-order valence-corrected chi connectivity index (χ2v) is 12.0. The minimum absolute atomic E-state index is 0.0280. The predicted octanol–water partition coefficient (Wildman–Crippen LogP) is 7.47. The maximum Gasteiger partial charge on any atom is 0.327 e. The number of hydrogen-bond donors (Lipinski definition) is 2. The Morgan fingerprint density at radius 1 is 1.02 bits per heavy atom. The van der Waals surface area contributed by atoms with Crippen molar-refractivity contribution in [3.05, 3.63) is 59.8 Å². The Hall–Kier alpha value is -2.48. The first-order chi connectivity index (χ1) is 20.0. The number of allylic oxidation sites excluding steroid dienone is 4. The fourth-order valence-corrected chi connectivity index (χ4v) is 5.41. The summed E-state index contributed by atoms with van der Waals surface area (Å²) in [4.78, 5) is 22.2. The fourth-order valence-electron chi connectivity index (χ4n) is 5.41. The summed E-state index contributed by atoms with van der Waals surface area (Å²) in [7, 11) is 0. The van der Waals surface area contributed by atoms with Crippen molar-refractivity contribution in [3.8, 4) is 0 Å². The van der Waals surface area contributed by atoms with E-state index in [0.29, 0.717) is 18.3 Å². The van der Waals surface area contributed by atoms with E-state index in [1.54, 1.807) is 19.9 Å². The number of carbonyl (C=O) groups excluding carboxylic acids is 1. The van der Waals surface area contributed by atoms with E-state index in [1.165, 1.54) is 12.5 Å². The Morgan fingerprint density at radius 2 is 1.74 bits per heavy atom. The van der Waals surface area contributed by atoms with Crippen LogP contribution < -0.4 is 0 Å². The third-order valence-corrected chi connectivity index (χ3v) is 8.42. The van der Waals surface area contributed by atoms with Crippen LogP contribution in [0.3, 0.4) is 0 Å². The van der Waals surface area contributed by atoms with Gasteiger partial charge in [-0.1, -0.05) is 88.1 Å². The molecular formula is C35H54O7. The lowest BCUT2D eigenvalue weighted by Gasteiger charge is -2.49. The number of hydrogen-bond acceptors (Lipinski definition) is 6. The van der Waals surface area contributed by atoms with E-state index in [-0.39, 0.29) is 30.7 Å². The van der Waals surface area contributed by atoms with Crippen molar-refractivity contribution >= 4 is 11.9 Å². The van der Waals surface area contributed by atoms with E-state index in [4.69, 9.17) is 19.3 Å². The number of unbranched alkanes of at least 4 members (excludes halogenated alkanes) is 1. The summed E-state index contributed by atoms with van der Waals surface area (Å²) in [5, 5.41) is 19.1. The Bertz CT molecular complexity index is 1010. The highest BCUT2D eigenvalue weighted by Gasteiger charge is 2.46. The molecule has 0 aromatic carbocycles. The number of carboxylic acids is 1. The Labute approximate surface area is 253 Å². The average molecular weight is 587 g/mol. The van der Waals surface area contributed by atoms with Gasteiger partial charge in [-0.2, -0.15) is 0 Å². The topological polar surface area (TPSA) is 102 Å². The molecule has 0 saturated carbocycles. The Morgan fingerprint density at radius 3 is 2.43 bits per heavy atom. The summed E-state index contributed by atoms with van der Waals surface area (Å²) in [5.74, 6) is -1.24. The lowest BCUT2D eigenvalue weighted by molar-refractivity contribution is -0.324. The molecule has 0 aliphatic carbocycles. The molecular weight excluding hydrogens is 532 g/mol. The molecule has 2 saturated heterocycles. The predicted molar refractivity (Wildman–Crippen MR) is 167 cm³/mol. The summed E-state index contributed by atoms with van der Waals surface area (Å²) >= 11 is 0. The zero-order valence-corrected chi connectivity index (χ0v) is 26.6. The monoisotopic (exact) mass is 586 g/mol. The number of carbonyl (C=O) groups is 2. The molecule has 42 heavy (non-hydrogen) atoms. The van der Waals surface area contributed by atoms with Gasteiger partial charge in [0.05, 0.1) is 18.3 Å². The Kier molecular flexibility index (Phi) is 15.5. The van der Waals surface area contributed by atoms with Gasteiger partial charge in [-0.15, -0.1) is 0 Å². The summed E-state index contributed by atoms with van der Waals surface area (Å²) < 4.78 is 18.8. The molecule has 2 aliphatic rings. The first kappa shape index (κ1) is 35.7.